The Hall–Kier alpha value is -2.56. The molecule has 0 saturated carbocycles. The third kappa shape index (κ3) is 3.51. The molecule has 1 aromatic heterocycles. The Morgan fingerprint density at radius 2 is 1.86 bits per heavy atom. The lowest BCUT2D eigenvalue weighted by atomic mass is 10.2. The summed E-state index contributed by atoms with van der Waals surface area (Å²) in [7, 11) is 0. The molecule has 1 aromatic carbocycles. The zero-order valence-corrected chi connectivity index (χ0v) is 12.3. The second-order valence-corrected chi connectivity index (χ2v) is 4.74. The molecular weight excluding hydrogens is 268 g/mol. The highest BCUT2D eigenvalue weighted by Gasteiger charge is 2.12. The average Bonchev–Trinajstić information content (AvgIpc) is 2.79. The van der Waals surface area contributed by atoms with E-state index in [4.69, 9.17) is 4.74 Å². The number of carbonyl (C=O) groups excluding carboxylic acids is 2. The molecule has 5 heteroatoms. The molecule has 1 heterocycles. The fourth-order valence-corrected chi connectivity index (χ4v) is 2.06. The molecule has 0 bridgehead atoms. The van der Waals surface area contributed by atoms with Crippen molar-refractivity contribution in [2.75, 3.05) is 11.9 Å². The standard InChI is InChI=1S/C16H18N2O3/c1-4-21-16(20)12-5-7-13(8-6-12)18-15(19)14-9-10(2)17-11(14)3/h5-9,17H,4H2,1-3H3,(H,18,19). The number of hydrogen-bond acceptors (Lipinski definition) is 3. The SMILES string of the molecule is CCOC(=O)c1ccc(NC(=O)c2cc(C)[nH]c2C)cc1. The van der Waals surface area contributed by atoms with Crippen molar-refractivity contribution in [3.8, 4) is 0 Å². The molecule has 1 amide bonds. The van der Waals surface area contributed by atoms with Gasteiger partial charge in [0, 0.05) is 17.1 Å². The lowest BCUT2D eigenvalue weighted by Gasteiger charge is -2.06. The minimum Gasteiger partial charge on any atom is -0.462 e. The number of aryl methyl sites for hydroxylation is 2. The van der Waals surface area contributed by atoms with Crippen LogP contribution in [0.3, 0.4) is 0 Å². The summed E-state index contributed by atoms with van der Waals surface area (Å²) in [6.07, 6.45) is 0. The van der Waals surface area contributed by atoms with Gasteiger partial charge in [-0.1, -0.05) is 0 Å². The van der Waals surface area contributed by atoms with Gasteiger partial charge in [0.15, 0.2) is 0 Å². The topological polar surface area (TPSA) is 71.2 Å². The van der Waals surface area contributed by atoms with Crippen LogP contribution < -0.4 is 5.32 Å². The summed E-state index contributed by atoms with van der Waals surface area (Å²) >= 11 is 0. The molecule has 0 radical (unpaired) electrons. The molecule has 0 aliphatic carbocycles. The molecule has 2 aromatic rings. The van der Waals surface area contributed by atoms with E-state index < -0.39 is 0 Å². The zero-order valence-electron chi connectivity index (χ0n) is 12.3. The van der Waals surface area contributed by atoms with Gasteiger partial charge in [-0.2, -0.15) is 0 Å². The molecule has 2 rings (SSSR count). The van der Waals surface area contributed by atoms with Crippen molar-refractivity contribution >= 4 is 17.6 Å². The number of rotatable bonds is 4. The van der Waals surface area contributed by atoms with Gasteiger partial charge in [-0.05, 0) is 51.1 Å². The third-order valence-electron chi connectivity index (χ3n) is 3.05. The first-order chi connectivity index (χ1) is 10.0. The Balaban J connectivity index is 2.08. The predicted molar refractivity (Wildman–Crippen MR) is 80.6 cm³/mol. The van der Waals surface area contributed by atoms with Crippen LogP contribution in [0.4, 0.5) is 5.69 Å². The van der Waals surface area contributed by atoms with Crippen molar-refractivity contribution in [1.29, 1.82) is 0 Å². The number of benzene rings is 1. The van der Waals surface area contributed by atoms with Gasteiger partial charge in [-0.15, -0.1) is 0 Å². The first-order valence-corrected chi connectivity index (χ1v) is 6.76. The number of H-pyrrole nitrogens is 1. The van der Waals surface area contributed by atoms with E-state index >= 15 is 0 Å². The smallest absolute Gasteiger partial charge is 0.338 e. The number of amides is 1. The second-order valence-electron chi connectivity index (χ2n) is 4.74. The van der Waals surface area contributed by atoms with Gasteiger partial charge in [-0.25, -0.2) is 4.79 Å². The van der Waals surface area contributed by atoms with E-state index in [1.807, 2.05) is 13.8 Å². The number of nitrogens with one attached hydrogen (secondary N) is 2. The lowest BCUT2D eigenvalue weighted by Crippen LogP contribution is -2.12. The lowest BCUT2D eigenvalue weighted by molar-refractivity contribution is 0.0526. The van der Waals surface area contributed by atoms with Gasteiger partial charge < -0.3 is 15.0 Å². The summed E-state index contributed by atoms with van der Waals surface area (Å²) < 4.78 is 4.91. The molecule has 0 spiro atoms. The van der Waals surface area contributed by atoms with Crippen LogP contribution >= 0.6 is 0 Å². The largest absolute Gasteiger partial charge is 0.462 e. The average molecular weight is 286 g/mol. The van der Waals surface area contributed by atoms with Gasteiger partial charge >= 0.3 is 5.97 Å². The number of anilines is 1. The van der Waals surface area contributed by atoms with Crippen molar-refractivity contribution in [2.45, 2.75) is 20.8 Å². The summed E-state index contributed by atoms with van der Waals surface area (Å²) in [5.41, 5.74) is 3.47. The quantitative estimate of drug-likeness (QED) is 0.848. The van der Waals surface area contributed by atoms with E-state index in [1.165, 1.54) is 0 Å². The monoisotopic (exact) mass is 286 g/mol. The summed E-state index contributed by atoms with van der Waals surface area (Å²) in [5.74, 6) is -0.548. The normalized spacial score (nSPS) is 10.2. The molecule has 0 atom stereocenters. The summed E-state index contributed by atoms with van der Waals surface area (Å²) in [6.45, 7) is 5.85. The molecule has 2 N–H and O–H groups in total. The third-order valence-corrected chi connectivity index (χ3v) is 3.05. The van der Waals surface area contributed by atoms with Crippen LogP contribution in [0, 0.1) is 13.8 Å². The summed E-state index contributed by atoms with van der Waals surface area (Å²) in [5, 5.41) is 2.80. The highest BCUT2D eigenvalue weighted by Crippen LogP contribution is 2.15. The van der Waals surface area contributed by atoms with E-state index in [0.29, 0.717) is 23.4 Å². The molecular formula is C16H18N2O3. The van der Waals surface area contributed by atoms with Crippen molar-refractivity contribution < 1.29 is 14.3 Å². The Labute approximate surface area is 123 Å². The Morgan fingerprint density at radius 1 is 1.19 bits per heavy atom. The van der Waals surface area contributed by atoms with Crippen LogP contribution in [-0.2, 0) is 4.74 Å². The summed E-state index contributed by atoms with van der Waals surface area (Å²) in [4.78, 5) is 26.8. The predicted octanol–water partition coefficient (Wildman–Crippen LogP) is 3.06. The van der Waals surface area contributed by atoms with Crippen molar-refractivity contribution in [2.24, 2.45) is 0 Å². The maximum atomic E-state index is 12.1. The number of carbonyl (C=O) groups is 2. The maximum Gasteiger partial charge on any atom is 0.338 e. The van der Waals surface area contributed by atoms with Gasteiger partial charge in [-0.3, -0.25) is 4.79 Å². The minimum absolute atomic E-state index is 0.180. The van der Waals surface area contributed by atoms with Gasteiger partial charge in [0.25, 0.3) is 5.91 Å². The molecule has 0 aliphatic heterocycles. The number of esters is 1. The van der Waals surface area contributed by atoms with Crippen LogP contribution in [-0.4, -0.2) is 23.5 Å². The minimum atomic E-state index is -0.368. The van der Waals surface area contributed by atoms with Crippen LogP contribution in [0.25, 0.3) is 0 Å². The second kappa shape index (κ2) is 6.26. The van der Waals surface area contributed by atoms with E-state index in [-0.39, 0.29) is 11.9 Å². The Kier molecular flexibility index (Phi) is 4.42. The zero-order chi connectivity index (χ0) is 15.4. The molecule has 0 saturated heterocycles. The number of ether oxygens (including phenoxy) is 1. The molecule has 5 nitrogen and oxygen atoms in total. The molecule has 110 valence electrons. The molecule has 0 aliphatic rings. The van der Waals surface area contributed by atoms with Crippen LogP contribution in [0.15, 0.2) is 30.3 Å². The van der Waals surface area contributed by atoms with E-state index in [1.54, 1.807) is 37.3 Å². The first-order valence-electron chi connectivity index (χ1n) is 6.76. The highest BCUT2D eigenvalue weighted by molar-refractivity contribution is 6.05. The summed E-state index contributed by atoms with van der Waals surface area (Å²) in [6, 6.07) is 8.42. The maximum absolute atomic E-state index is 12.1. The molecule has 0 fully saturated rings. The number of hydrogen-bond donors (Lipinski definition) is 2. The Bertz CT molecular complexity index is 657. The van der Waals surface area contributed by atoms with E-state index in [2.05, 4.69) is 10.3 Å². The van der Waals surface area contributed by atoms with Crippen molar-refractivity contribution in [3.05, 3.63) is 52.8 Å². The molecule has 0 unspecified atom stereocenters. The van der Waals surface area contributed by atoms with Crippen molar-refractivity contribution in [3.63, 3.8) is 0 Å². The van der Waals surface area contributed by atoms with Crippen LogP contribution in [0.1, 0.15) is 39.0 Å². The highest BCUT2D eigenvalue weighted by atomic mass is 16.5. The van der Waals surface area contributed by atoms with Crippen molar-refractivity contribution in [1.82, 2.24) is 4.98 Å². The number of aromatic nitrogens is 1. The van der Waals surface area contributed by atoms with Gasteiger partial charge in [0.1, 0.15) is 0 Å². The fraction of sp³-hybridized carbons (Fsp3) is 0.250. The Morgan fingerprint density at radius 3 is 2.38 bits per heavy atom. The first kappa shape index (κ1) is 14.8. The van der Waals surface area contributed by atoms with Crippen LogP contribution in [0.2, 0.25) is 0 Å². The fourth-order valence-electron chi connectivity index (χ4n) is 2.06. The van der Waals surface area contributed by atoms with Gasteiger partial charge in [0.2, 0.25) is 0 Å². The number of aromatic amines is 1. The van der Waals surface area contributed by atoms with Crippen LogP contribution in [0.5, 0.6) is 0 Å². The van der Waals surface area contributed by atoms with Gasteiger partial charge in [0.05, 0.1) is 17.7 Å². The van der Waals surface area contributed by atoms with E-state index in [0.717, 1.165) is 11.4 Å². The molecule has 21 heavy (non-hydrogen) atoms. The van der Waals surface area contributed by atoms with E-state index in [9.17, 15) is 9.59 Å².